The fourth-order valence-electron chi connectivity index (χ4n) is 3.31. The SMILES string of the molecule is C=CCNC(=O)C(C)c1ccc(O[C@@H]2CCN(c3nc(N(C)C)ncc3F)C2)cc1. The number of amides is 1. The number of rotatable bonds is 8. The van der Waals surface area contributed by atoms with E-state index in [1.54, 1.807) is 11.0 Å². The third-order valence-electron chi connectivity index (χ3n) is 5.05. The van der Waals surface area contributed by atoms with Crippen molar-refractivity contribution in [3.05, 3.63) is 54.5 Å². The number of hydrogen-bond donors (Lipinski definition) is 1. The molecule has 2 heterocycles. The van der Waals surface area contributed by atoms with Crippen LogP contribution in [0.25, 0.3) is 0 Å². The van der Waals surface area contributed by atoms with Gasteiger partial charge in [0.2, 0.25) is 11.9 Å². The average molecular weight is 413 g/mol. The van der Waals surface area contributed by atoms with Crippen LogP contribution in [-0.4, -0.2) is 55.7 Å². The van der Waals surface area contributed by atoms with E-state index in [1.165, 1.54) is 6.20 Å². The Kier molecular flexibility index (Phi) is 6.87. The van der Waals surface area contributed by atoms with Gasteiger partial charge in [-0.25, -0.2) is 9.37 Å². The van der Waals surface area contributed by atoms with Crippen LogP contribution >= 0.6 is 0 Å². The zero-order valence-electron chi connectivity index (χ0n) is 17.6. The summed E-state index contributed by atoms with van der Waals surface area (Å²) in [5, 5.41) is 2.80. The Hall–Kier alpha value is -3.16. The molecule has 0 bridgehead atoms. The number of hydrogen-bond acceptors (Lipinski definition) is 6. The fraction of sp³-hybridized carbons (Fsp3) is 0.409. The second-order valence-electron chi connectivity index (χ2n) is 7.54. The van der Waals surface area contributed by atoms with Crippen molar-refractivity contribution in [2.24, 2.45) is 0 Å². The van der Waals surface area contributed by atoms with Crippen LogP contribution in [-0.2, 0) is 4.79 Å². The third-order valence-corrected chi connectivity index (χ3v) is 5.05. The average Bonchev–Trinajstić information content (AvgIpc) is 3.20. The molecule has 1 saturated heterocycles. The van der Waals surface area contributed by atoms with Crippen LogP contribution in [0.3, 0.4) is 0 Å². The van der Waals surface area contributed by atoms with Crippen molar-refractivity contribution in [1.29, 1.82) is 0 Å². The van der Waals surface area contributed by atoms with E-state index in [1.807, 2.05) is 50.2 Å². The summed E-state index contributed by atoms with van der Waals surface area (Å²) in [6.07, 6.45) is 3.56. The Morgan fingerprint density at radius 2 is 2.17 bits per heavy atom. The van der Waals surface area contributed by atoms with Gasteiger partial charge in [-0.15, -0.1) is 6.58 Å². The van der Waals surface area contributed by atoms with Crippen LogP contribution in [0.5, 0.6) is 5.75 Å². The van der Waals surface area contributed by atoms with Crippen molar-refractivity contribution >= 4 is 17.7 Å². The van der Waals surface area contributed by atoms with Gasteiger partial charge >= 0.3 is 0 Å². The number of benzene rings is 1. The zero-order valence-corrected chi connectivity index (χ0v) is 17.6. The number of nitrogens with one attached hydrogen (secondary N) is 1. The molecule has 8 heteroatoms. The first-order valence-electron chi connectivity index (χ1n) is 9.99. The van der Waals surface area contributed by atoms with E-state index in [-0.39, 0.29) is 17.9 Å². The topological polar surface area (TPSA) is 70.6 Å². The predicted octanol–water partition coefficient (Wildman–Crippen LogP) is 2.75. The maximum absolute atomic E-state index is 14.2. The van der Waals surface area contributed by atoms with Gasteiger partial charge < -0.3 is 19.9 Å². The molecular weight excluding hydrogens is 385 g/mol. The molecule has 2 aromatic rings. The van der Waals surface area contributed by atoms with Gasteiger partial charge in [-0.3, -0.25) is 4.79 Å². The minimum atomic E-state index is -0.436. The highest BCUT2D eigenvalue weighted by atomic mass is 19.1. The van der Waals surface area contributed by atoms with Crippen LogP contribution in [0.15, 0.2) is 43.1 Å². The maximum atomic E-state index is 14.2. The lowest BCUT2D eigenvalue weighted by Gasteiger charge is -2.20. The quantitative estimate of drug-likeness (QED) is 0.671. The molecule has 1 N–H and O–H groups in total. The van der Waals surface area contributed by atoms with Crippen LogP contribution in [0, 0.1) is 5.82 Å². The van der Waals surface area contributed by atoms with E-state index < -0.39 is 5.82 Å². The summed E-state index contributed by atoms with van der Waals surface area (Å²) in [4.78, 5) is 24.0. The molecular formula is C22H28FN5O2. The van der Waals surface area contributed by atoms with Crippen LogP contribution in [0.1, 0.15) is 24.8 Å². The molecule has 160 valence electrons. The number of carbonyl (C=O) groups is 1. The van der Waals surface area contributed by atoms with Crippen molar-refractivity contribution in [1.82, 2.24) is 15.3 Å². The number of ether oxygens (including phenoxy) is 1. The Labute approximate surface area is 176 Å². The van der Waals surface area contributed by atoms with Gasteiger partial charge in [0.15, 0.2) is 11.6 Å². The van der Waals surface area contributed by atoms with Crippen LogP contribution < -0.4 is 19.9 Å². The lowest BCUT2D eigenvalue weighted by Crippen LogP contribution is -2.28. The summed E-state index contributed by atoms with van der Waals surface area (Å²) in [5.41, 5.74) is 0.913. The lowest BCUT2D eigenvalue weighted by atomic mass is 10.0. The number of anilines is 2. The number of halogens is 1. The Bertz CT molecular complexity index is 888. The third kappa shape index (κ3) is 5.06. The molecule has 30 heavy (non-hydrogen) atoms. The van der Waals surface area contributed by atoms with Gasteiger partial charge in [-0.2, -0.15) is 4.98 Å². The summed E-state index contributed by atoms with van der Waals surface area (Å²) in [6, 6.07) is 7.52. The van der Waals surface area contributed by atoms with E-state index in [0.717, 1.165) is 17.7 Å². The molecule has 2 atom stereocenters. The van der Waals surface area contributed by atoms with Gasteiger partial charge in [-0.1, -0.05) is 18.2 Å². The lowest BCUT2D eigenvalue weighted by molar-refractivity contribution is -0.122. The first kappa shape index (κ1) is 21.5. The molecule has 1 amide bonds. The molecule has 3 rings (SSSR count). The molecule has 0 spiro atoms. The second kappa shape index (κ2) is 9.56. The van der Waals surface area contributed by atoms with Crippen LogP contribution in [0.2, 0.25) is 0 Å². The van der Waals surface area contributed by atoms with Gasteiger partial charge in [0.25, 0.3) is 0 Å². The Morgan fingerprint density at radius 3 is 2.83 bits per heavy atom. The molecule has 1 unspecified atom stereocenters. The molecule has 1 aromatic carbocycles. The Morgan fingerprint density at radius 1 is 1.43 bits per heavy atom. The first-order chi connectivity index (χ1) is 14.4. The molecule has 7 nitrogen and oxygen atoms in total. The molecule has 0 radical (unpaired) electrons. The summed E-state index contributed by atoms with van der Waals surface area (Å²) in [5.74, 6) is 0.759. The summed E-state index contributed by atoms with van der Waals surface area (Å²) < 4.78 is 20.3. The highest BCUT2D eigenvalue weighted by molar-refractivity contribution is 5.83. The Balaban J connectivity index is 1.60. The molecule has 0 aliphatic carbocycles. The normalized spacial score (nSPS) is 16.8. The monoisotopic (exact) mass is 413 g/mol. The van der Waals surface area contributed by atoms with Crippen LogP contribution in [0.4, 0.5) is 16.2 Å². The summed E-state index contributed by atoms with van der Waals surface area (Å²) in [7, 11) is 3.64. The largest absolute Gasteiger partial charge is 0.489 e. The van der Waals surface area contributed by atoms with Gasteiger partial charge in [0.1, 0.15) is 11.9 Å². The van der Waals surface area contributed by atoms with Gasteiger partial charge in [0.05, 0.1) is 18.7 Å². The van der Waals surface area contributed by atoms with Crippen molar-refractivity contribution in [2.45, 2.75) is 25.4 Å². The van der Waals surface area contributed by atoms with Gasteiger partial charge in [-0.05, 0) is 24.6 Å². The van der Waals surface area contributed by atoms with Gasteiger partial charge in [0, 0.05) is 33.6 Å². The molecule has 1 aliphatic rings. The van der Waals surface area contributed by atoms with E-state index in [2.05, 4.69) is 21.9 Å². The van der Waals surface area contributed by atoms with Crippen molar-refractivity contribution < 1.29 is 13.9 Å². The summed E-state index contributed by atoms with van der Waals surface area (Å²) in [6.45, 7) is 7.12. The van der Waals surface area contributed by atoms with E-state index >= 15 is 0 Å². The van der Waals surface area contributed by atoms with E-state index in [0.29, 0.717) is 31.4 Å². The smallest absolute Gasteiger partial charge is 0.227 e. The fourth-order valence-corrected chi connectivity index (χ4v) is 3.31. The molecule has 0 saturated carbocycles. The minimum Gasteiger partial charge on any atom is -0.489 e. The molecule has 1 aliphatic heterocycles. The van der Waals surface area contributed by atoms with Crippen molar-refractivity contribution in [3.63, 3.8) is 0 Å². The highest BCUT2D eigenvalue weighted by Crippen LogP contribution is 2.26. The number of carbonyl (C=O) groups excluding carboxylic acids is 1. The number of nitrogens with zero attached hydrogens (tertiary/aromatic N) is 4. The van der Waals surface area contributed by atoms with E-state index in [4.69, 9.17) is 4.74 Å². The maximum Gasteiger partial charge on any atom is 0.227 e. The van der Waals surface area contributed by atoms with Crippen molar-refractivity contribution in [3.8, 4) is 5.75 Å². The first-order valence-corrected chi connectivity index (χ1v) is 9.99. The summed E-state index contributed by atoms with van der Waals surface area (Å²) >= 11 is 0. The highest BCUT2D eigenvalue weighted by Gasteiger charge is 2.27. The van der Waals surface area contributed by atoms with Crippen molar-refractivity contribution in [2.75, 3.05) is 43.5 Å². The second-order valence-corrected chi connectivity index (χ2v) is 7.54. The molecule has 1 aromatic heterocycles. The number of aromatic nitrogens is 2. The zero-order chi connectivity index (χ0) is 21.7. The van der Waals surface area contributed by atoms with E-state index in [9.17, 15) is 9.18 Å². The standard InChI is InChI=1S/C22H28FN5O2/c1-5-11-24-21(29)15(2)16-6-8-17(9-7-16)30-18-10-12-28(14-18)20-19(23)13-25-22(26-20)27(3)4/h5-9,13,15,18H,1,10-12,14H2,2-4H3,(H,24,29)/t15?,18-/m1/s1. The molecule has 1 fully saturated rings. The minimum absolute atomic E-state index is 0.0426. The predicted molar refractivity (Wildman–Crippen MR) is 116 cm³/mol.